The number of hydrogen-bond acceptors (Lipinski definition) is 2. The molecular formula is C21H27NO. The molecule has 1 saturated heterocycles. The highest BCUT2D eigenvalue weighted by Crippen LogP contribution is 2.34. The summed E-state index contributed by atoms with van der Waals surface area (Å²) in [5, 5.41) is 11.6. The first-order chi connectivity index (χ1) is 11.2. The van der Waals surface area contributed by atoms with Crippen molar-refractivity contribution in [1.82, 2.24) is 4.90 Å². The summed E-state index contributed by atoms with van der Waals surface area (Å²) in [5.41, 5.74) is 1.52. The summed E-state index contributed by atoms with van der Waals surface area (Å²) in [6, 6.07) is 20.8. The summed E-state index contributed by atoms with van der Waals surface area (Å²) >= 11 is 0. The summed E-state index contributed by atoms with van der Waals surface area (Å²) in [5.74, 6) is 0. The molecule has 0 aromatic heterocycles. The van der Waals surface area contributed by atoms with Gasteiger partial charge in [0, 0.05) is 6.04 Å². The van der Waals surface area contributed by atoms with Crippen LogP contribution < -0.4 is 0 Å². The van der Waals surface area contributed by atoms with Crippen LogP contribution in [-0.4, -0.2) is 29.1 Å². The van der Waals surface area contributed by atoms with Gasteiger partial charge in [-0.1, -0.05) is 60.7 Å². The molecular weight excluding hydrogens is 282 g/mol. The van der Waals surface area contributed by atoms with Crippen LogP contribution in [0.4, 0.5) is 0 Å². The molecule has 23 heavy (non-hydrogen) atoms. The van der Waals surface area contributed by atoms with E-state index in [-0.39, 0.29) is 6.04 Å². The van der Waals surface area contributed by atoms with Crippen LogP contribution in [0.1, 0.15) is 37.3 Å². The maximum atomic E-state index is 11.6. The zero-order valence-electron chi connectivity index (χ0n) is 14.0. The van der Waals surface area contributed by atoms with Crippen molar-refractivity contribution in [3.63, 3.8) is 0 Å². The molecule has 122 valence electrons. The van der Waals surface area contributed by atoms with Gasteiger partial charge in [-0.3, -0.25) is 4.90 Å². The Morgan fingerprint density at radius 3 is 2.13 bits per heavy atom. The lowest BCUT2D eigenvalue weighted by molar-refractivity contribution is -0.0461. The molecule has 0 saturated carbocycles. The molecule has 1 fully saturated rings. The van der Waals surface area contributed by atoms with Crippen molar-refractivity contribution in [2.24, 2.45) is 0 Å². The summed E-state index contributed by atoms with van der Waals surface area (Å²) in [4.78, 5) is 2.44. The maximum absolute atomic E-state index is 11.6. The van der Waals surface area contributed by atoms with Crippen molar-refractivity contribution >= 4 is 0 Å². The fourth-order valence-electron chi connectivity index (χ4n) is 3.73. The van der Waals surface area contributed by atoms with Crippen molar-refractivity contribution in [2.45, 2.75) is 44.2 Å². The number of hydrogen-bond donors (Lipinski definition) is 1. The van der Waals surface area contributed by atoms with Gasteiger partial charge in [-0.2, -0.15) is 0 Å². The zero-order chi connectivity index (χ0) is 16.1. The highest BCUT2D eigenvalue weighted by atomic mass is 16.3. The Morgan fingerprint density at radius 1 is 0.957 bits per heavy atom. The van der Waals surface area contributed by atoms with E-state index < -0.39 is 5.60 Å². The average Bonchev–Trinajstić information content (AvgIpc) is 3.15. The van der Waals surface area contributed by atoms with Gasteiger partial charge in [0.05, 0.1) is 0 Å². The second-order valence-electron chi connectivity index (χ2n) is 6.69. The van der Waals surface area contributed by atoms with E-state index in [4.69, 9.17) is 0 Å². The van der Waals surface area contributed by atoms with Gasteiger partial charge in [-0.05, 0) is 56.8 Å². The first kappa shape index (κ1) is 16.2. The molecule has 0 radical (unpaired) electrons. The molecule has 2 aromatic carbocycles. The van der Waals surface area contributed by atoms with E-state index in [0.717, 1.165) is 31.5 Å². The lowest BCUT2D eigenvalue weighted by atomic mass is 9.81. The van der Waals surface area contributed by atoms with E-state index in [9.17, 15) is 5.11 Å². The van der Waals surface area contributed by atoms with Crippen LogP contribution in [0.2, 0.25) is 0 Å². The summed E-state index contributed by atoms with van der Waals surface area (Å²) < 4.78 is 0. The number of aryl methyl sites for hydroxylation is 1. The van der Waals surface area contributed by atoms with E-state index in [0.29, 0.717) is 0 Å². The monoisotopic (exact) mass is 309 g/mol. The third-order valence-corrected chi connectivity index (χ3v) is 5.29. The van der Waals surface area contributed by atoms with Crippen molar-refractivity contribution in [3.8, 4) is 0 Å². The SMILES string of the molecule is C[C@@H](N1CCCC1)[C@](O)(CCc1ccccc1)c1ccccc1. The van der Waals surface area contributed by atoms with Gasteiger partial charge in [0.15, 0.2) is 0 Å². The molecule has 0 bridgehead atoms. The number of benzene rings is 2. The second kappa shape index (κ2) is 7.29. The Labute approximate surface area is 139 Å². The molecule has 2 heteroatoms. The Kier molecular flexibility index (Phi) is 5.14. The van der Waals surface area contributed by atoms with Crippen LogP contribution in [0.3, 0.4) is 0 Å². The highest BCUT2D eigenvalue weighted by Gasteiger charge is 2.39. The first-order valence-corrected chi connectivity index (χ1v) is 8.76. The van der Waals surface area contributed by atoms with E-state index >= 15 is 0 Å². The number of likely N-dealkylation sites (tertiary alicyclic amines) is 1. The van der Waals surface area contributed by atoms with Crippen molar-refractivity contribution < 1.29 is 5.11 Å². The number of rotatable bonds is 6. The fourth-order valence-corrected chi connectivity index (χ4v) is 3.73. The molecule has 0 aliphatic carbocycles. The molecule has 2 atom stereocenters. The van der Waals surface area contributed by atoms with Crippen LogP contribution in [-0.2, 0) is 12.0 Å². The molecule has 0 spiro atoms. The molecule has 2 aromatic rings. The van der Waals surface area contributed by atoms with Gasteiger partial charge in [-0.15, -0.1) is 0 Å². The van der Waals surface area contributed by atoms with Gasteiger partial charge >= 0.3 is 0 Å². The Hall–Kier alpha value is -1.64. The second-order valence-corrected chi connectivity index (χ2v) is 6.69. The Morgan fingerprint density at radius 2 is 1.52 bits per heavy atom. The molecule has 0 amide bonds. The van der Waals surface area contributed by atoms with Crippen LogP contribution in [0, 0.1) is 0 Å². The zero-order valence-corrected chi connectivity index (χ0v) is 14.0. The summed E-state index contributed by atoms with van der Waals surface area (Å²) in [6.07, 6.45) is 4.13. The molecule has 1 N–H and O–H groups in total. The molecule has 0 unspecified atom stereocenters. The smallest absolute Gasteiger partial charge is 0.105 e. The van der Waals surface area contributed by atoms with E-state index in [1.54, 1.807) is 0 Å². The molecule has 1 aliphatic heterocycles. The first-order valence-electron chi connectivity index (χ1n) is 8.76. The minimum absolute atomic E-state index is 0.135. The largest absolute Gasteiger partial charge is 0.384 e. The molecule has 3 rings (SSSR count). The maximum Gasteiger partial charge on any atom is 0.105 e. The molecule has 1 aliphatic rings. The van der Waals surface area contributed by atoms with Gasteiger partial charge in [-0.25, -0.2) is 0 Å². The molecule has 2 nitrogen and oxygen atoms in total. The predicted molar refractivity (Wildman–Crippen MR) is 95.4 cm³/mol. The molecule has 1 heterocycles. The predicted octanol–water partition coefficient (Wildman–Crippen LogP) is 3.99. The van der Waals surface area contributed by atoms with Gasteiger partial charge in [0.25, 0.3) is 0 Å². The number of nitrogens with zero attached hydrogens (tertiary/aromatic N) is 1. The fraction of sp³-hybridized carbons (Fsp3) is 0.429. The number of aliphatic hydroxyl groups is 1. The standard InChI is InChI=1S/C21H27NO/c1-18(22-16-8-9-17-22)21(23,20-12-6-3-7-13-20)15-14-19-10-4-2-5-11-19/h2-7,10-13,18,23H,8-9,14-17H2,1H3/t18-,21-/m1/s1. The van der Waals surface area contributed by atoms with Gasteiger partial charge in [0.1, 0.15) is 5.60 Å². The Bertz CT molecular complexity index is 592. The van der Waals surface area contributed by atoms with E-state index in [1.807, 2.05) is 24.3 Å². The normalized spacial score (nSPS) is 19.4. The minimum atomic E-state index is -0.804. The third kappa shape index (κ3) is 3.65. The highest BCUT2D eigenvalue weighted by molar-refractivity contribution is 5.25. The van der Waals surface area contributed by atoms with Crippen molar-refractivity contribution in [3.05, 3.63) is 71.8 Å². The summed E-state index contributed by atoms with van der Waals surface area (Å²) in [6.45, 7) is 4.38. The third-order valence-electron chi connectivity index (χ3n) is 5.29. The summed E-state index contributed by atoms with van der Waals surface area (Å²) in [7, 11) is 0. The van der Waals surface area contributed by atoms with Crippen LogP contribution in [0.15, 0.2) is 60.7 Å². The average molecular weight is 309 g/mol. The lowest BCUT2D eigenvalue weighted by Gasteiger charge is -2.40. The van der Waals surface area contributed by atoms with Gasteiger partial charge < -0.3 is 5.11 Å². The Balaban J connectivity index is 1.83. The van der Waals surface area contributed by atoms with E-state index in [2.05, 4.69) is 48.2 Å². The lowest BCUT2D eigenvalue weighted by Crippen LogP contribution is -2.48. The van der Waals surface area contributed by atoms with Crippen molar-refractivity contribution in [2.75, 3.05) is 13.1 Å². The minimum Gasteiger partial charge on any atom is -0.384 e. The van der Waals surface area contributed by atoms with Crippen LogP contribution in [0.25, 0.3) is 0 Å². The quantitative estimate of drug-likeness (QED) is 0.872. The van der Waals surface area contributed by atoms with Crippen LogP contribution >= 0.6 is 0 Å². The van der Waals surface area contributed by atoms with Crippen LogP contribution in [0.5, 0.6) is 0 Å². The van der Waals surface area contributed by atoms with E-state index in [1.165, 1.54) is 18.4 Å². The van der Waals surface area contributed by atoms with Crippen molar-refractivity contribution in [1.29, 1.82) is 0 Å². The van der Waals surface area contributed by atoms with Gasteiger partial charge in [0.2, 0.25) is 0 Å². The topological polar surface area (TPSA) is 23.5 Å².